The van der Waals surface area contributed by atoms with Crippen molar-refractivity contribution in [1.29, 1.82) is 0 Å². The zero-order valence-corrected chi connectivity index (χ0v) is 13.6. The number of carbonyl (C=O) groups is 2. The average Bonchev–Trinajstić information content (AvgIpc) is 2.51. The lowest BCUT2D eigenvalue weighted by Gasteiger charge is -2.22. The molecule has 0 aliphatic rings. The van der Waals surface area contributed by atoms with Crippen LogP contribution in [0.5, 0.6) is 5.88 Å². The lowest BCUT2D eigenvalue weighted by Crippen LogP contribution is -2.38. The average molecular weight is 366 g/mol. The zero-order chi connectivity index (χ0) is 19.2. The molecule has 1 N–H and O–H groups in total. The van der Waals surface area contributed by atoms with Gasteiger partial charge in [-0.3, -0.25) is 9.59 Å². The highest BCUT2D eigenvalue weighted by Gasteiger charge is 2.41. The van der Waals surface area contributed by atoms with Gasteiger partial charge in [-0.15, -0.1) is 0 Å². The van der Waals surface area contributed by atoms with E-state index in [1.54, 1.807) is 13.8 Å². The first-order chi connectivity index (χ1) is 11.5. The summed E-state index contributed by atoms with van der Waals surface area (Å²) >= 11 is 0. The van der Waals surface area contributed by atoms with Crippen molar-refractivity contribution in [2.75, 3.05) is 19.7 Å². The first-order valence-corrected chi connectivity index (χ1v) is 7.29. The summed E-state index contributed by atoms with van der Waals surface area (Å²) in [5.41, 5.74) is 0.0230. The second-order valence-corrected chi connectivity index (χ2v) is 5.71. The minimum atomic E-state index is -4.31. The molecule has 0 atom stereocenters. The molecule has 1 aromatic rings. The molecule has 0 saturated carbocycles. The van der Waals surface area contributed by atoms with Gasteiger partial charge < -0.3 is 14.7 Å². The second-order valence-electron chi connectivity index (χ2n) is 5.71. The molecule has 10 heteroatoms. The summed E-state index contributed by atoms with van der Waals surface area (Å²) in [6, 6.07) is 2.27. The van der Waals surface area contributed by atoms with Crippen molar-refractivity contribution in [2.24, 2.45) is 5.92 Å². The second kappa shape index (κ2) is 8.63. The summed E-state index contributed by atoms with van der Waals surface area (Å²) in [5, 5.41) is 8.87. The summed E-state index contributed by atoms with van der Waals surface area (Å²) in [4.78, 5) is 27.9. The molecule has 1 amide bonds. The number of carboxylic acid groups (broad SMARTS) is 1. The van der Waals surface area contributed by atoms with E-state index in [0.717, 1.165) is 17.2 Å². The Kier molecular flexibility index (Phi) is 7.13. The number of amides is 1. The number of aromatic nitrogens is 1. The van der Waals surface area contributed by atoms with E-state index < -0.39 is 37.4 Å². The van der Waals surface area contributed by atoms with Crippen LogP contribution in [0.1, 0.15) is 24.2 Å². The Morgan fingerprint density at radius 1 is 1.32 bits per heavy atom. The largest absolute Gasteiger partial charge is 0.480 e. The van der Waals surface area contributed by atoms with Crippen LogP contribution in [-0.4, -0.2) is 58.9 Å². The molecule has 0 spiro atoms. The van der Waals surface area contributed by atoms with Crippen molar-refractivity contribution >= 4 is 11.9 Å². The van der Waals surface area contributed by atoms with Crippen LogP contribution >= 0.6 is 0 Å². The van der Waals surface area contributed by atoms with Crippen LogP contribution in [0.3, 0.4) is 0 Å². The Balaban J connectivity index is 2.79. The fraction of sp³-hybridized carbons (Fsp3) is 0.533. The third-order valence-corrected chi connectivity index (χ3v) is 2.91. The van der Waals surface area contributed by atoms with Crippen molar-refractivity contribution in [3.05, 3.63) is 23.9 Å². The van der Waals surface area contributed by atoms with Crippen LogP contribution in [0.25, 0.3) is 0 Å². The molecule has 0 unspecified atom stereocenters. The number of pyridine rings is 1. The van der Waals surface area contributed by atoms with Crippen molar-refractivity contribution < 1.29 is 37.0 Å². The molecule has 0 bridgehead atoms. The van der Waals surface area contributed by atoms with Gasteiger partial charge >= 0.3 is 18.3 Å². The topological polar surface area (TPSA) is 79.7 Å². The Morgan fingerprint density at radius 2 is 1.96 bits per heavy atom. The molecule has 1 rings (SSSR count). The number of ether oxygens (including phenoxy) is 1. The van der Waals surface area contributed by atoms with Gasteiger partial charge in [0.05, 0.1) is 5.56 Å². The highest BCUT2D eigenvalue weighted by molar-refractivity contribution is 5.95. The number of hydrogen-bond acceptors (Lipinski definition) is 4. The maximum Gasteiger partial charge on any atom is 0.340 e. The number of rotatable bonds is 9. The number of aliphatic carboxylic acids is 1. The summed E-state index contributed by atoms with van der Waals surface area (Å²) < 4.78 is 54.1. The molecule has 0 aliphatic carbocycles. The molecular formula is C15H18F4N2O4. The molecule has 140 valence electrons. The van der Waals surface area contributed by atoms with Gasteiger partial charge in [-0.2, -0.15) is 8.78 Å². The van der Waals surface area contributed by atoms with Crippen LogP contribution in [-0.2, 0) is 4.79 Å². The molecule has 0 aliphatic heterocycles. The van der Waals surface area contributed by atoms with Gasteiger partial charge in [0.1, 0.15) is 6.54 Å². The molecule has 0 fully saturated rings. The number of hydrogen-bond donors (Lipinski definition) is 1. The van der Waals surface area contributed by atoms with E-state index in [0.29, 0.717) is 0 Å². The lowest BCUT2D eigenvalue weighted by molar-refractivity contribution is -0.148. The van der Waals surface area contributed by atoms with Crippen LogP contribution in [0.15, 0.2) is 18.3 Å². The maximum absolute atomic E-state index is 12.8. The van der Waals surface area contributed by atoms with E-state index in [1.165, 1.54) is 6.07 Å². The van der Waals surface area contributed by atoms with Gasteiger partial charge in [0.25, 0.3) is 5.91 Å². The van der Waals surface area contributed by atoms with Gasteiger partial charge in [-0.05, 0) is 12.0 Å². The molecule has 1 aromatic heterocycles. The van der Waals surface area contributed by atoms with E-state index in [4.69, 9.17) is 5.11 Å². The monoisotopic (exact) mass is 366 g/mol. The first kappa shape index (κ1) is 20.7. The maximum atomic E-state index is 12.8. The van der Waals surface area contributed by atoms with Crippen LogP contribution in [0.2, 0.25) is 0 Å². The van der Waals surface area contributed by atoms with E-state index >= 15 is 0 Å². The minimum Gasteiger partial charge on any atom is -0.480 e. The molecule has 0 aromatic carbocycles. The van der Waals surface area contributed by atoms with Crippen molar-refractivity contribution in [3.63, 3.8) is 0 Å². The molecule has 6 nitrogen and oxygen atoms in total. The SMILES string of the molecule is CC(C)CN(CC(=O)O)C(=O)c1ccc(OCC(F)(F)C(F)F)nc1. The normalized spacial score (nSPS) is 11.7. The molecule has 1 heterocycles. The fourth-order valence-corrected chi connectivity index (χ4v) is 1.83. The Hall–Kier alpha value is -2.39. The van der Waals surface area contributed by atoms with Gasteiger partial charge in [0.15, 0.2) is 6.61 Å². The quantitative estimate of drug-likeness (QED) is 0.680. The van der Waals surface area contributed by atoms with Gasteiger partial charge in [-0.25, -0.2) is 13.8 Å². The number of nitrogens with zero attached hydrogens (tertiary/aromatic N) is 2. The highest BCUT2D eigenvalue weighted by Crippen LogP contribution is 2.23. The van der Waals surface area contributed by atoms with E-state index in [-0.39, 0.29) is 23.9 Å². The summed E-state index contributed by atoms with van der Waals surface area (Å²) in [6.45, 7) is 1.75. The molecule has 25 heavy (non-hydrogen) atoms. The smallest absolute Gasteiger partial charge is 0.340 e. The predicted molar refractivity (Wildman–Crippen MR) is 79.1 cm³/mol. The van der Waals surface area contributed by atoms with E-state index in [9.17, 15) is 27.2 Å². The van der Waals surface area contributed by atoms with Crippen LogP contribution < -0.4 is 4.74 Å². The van der Waals surface area contributed by atoms with E-state index in [2.05, 4.69) is 9.72 Å². The van der Waals surface area contributed by atoms with E-state index in [1.807, 2.05) is 0 Å². The first-order valence-electron chi connectivity index (χ1n) is 7.29. The molecule has 0 radical (unpaired) electrons. The minimum absolute atomic E-state index is 0.0230. The third-order valence-electron chi connectivity index (χ3n) is 2.91. The predicted octanol–water partition coefficient (Wildman–Crippen LogP) is 2.54. The number of alkyl halides is 4. The van der Waals surface area contributed by atoms with Gasteiger partial charge in [0.2, 0.25) is 5.88 Å². The summed E-state index contributed by atoms with van der Waals surface area (Å²) in [7, 11) is 0. The molecule has 0 saturated heterocycles. The lowest BCUT2D eigenvalue weighted by atomic mass is 10.1. The summed E-state index contributed by atoms with van der Waals surface area (Å²) in [5.74, 6) is -6.43. The highest BCUT2D eigenvalue weighted by atomic mass is 19.3. The fourth-order valence-electron chi connectivity index (χ4n) is 1.83. The number of carboxylic acids is 1. The van der Waals surface area contributed by atoms with Crippen molar-refractivity contribution in [2.45, 2.75) is 26.2 Å². The van der Waals surface area contributed by atoms with Crippen molar-refractivity contribution in [3.8, 4) is 5.88 Å². The number of carbonyl (C=O) groups excluding carboxylic acids is 1. The Morgan fingerprint density at radius 3 is 2.40 bits per heavy atom. The Labute approximate surface area is 141 Å². The summed E-state index contributed by atoms with van der Waals surface area (Å²) in [6.07, 6.45) is -2.86. The standard InChI is InChI=1S/C15H18F4N2O4/c1-9(2)6-21(7-12(22)23)13(24)10-3-4-11(20-5-10)25-8-15(18,19)14(16)17/h3-5,9,14H,6-8H2,1-2H3,(H,22,23). The van der Waals surface area contributed by atoms with Crippen LogP contribution in [0.4, 0.5) is 17.6 Å². The van der Waals surface area contributed by atoms with Crippen LogP contribution in [0, 0.1) is 5.92 Å². The number of halogens is 4. The Bertz CT molecular complexity index is 594. The zero-order valence-electron chi connectivity index (χ0n) is 13.6. The van der Waals surface area contributed by atoms with Gasteiger partial charge in [0, 0.05) is 18.8 Å². The molecular weight excluding hydrogens is 348 g/mol. The van der Waals surface area contributed by atoms with Gasteiger partial charge in [-0.1, -0.05) is 13.8 Å². The van der Waals surface area contributed by atoms with Crippen molar-refractivity contribution in [1.82, 2.24) is 9.88 Å². The third kappa shape index (κ3) is 6.55.